The summed E-state index contributed by atoms with van der Waals surface area (Å²) in [5.41, 5.74) is -1.25. The standard InChI is InChI=1S/C17H17F3N4O2/c18-17(19,20)12-3-6-16(26)24(10-12)11-15(25)22-13-4-5-14(21-9-13)23-7-1-2-8-23/h3-6,9-10H,1-2,7-8,11H2,(H,22,25). The van der Waals surface area contributed by atoms with E-state index >= 15 is 0 Å². The molecule has 3 heterocycles. The highest BCUT2D eigenvalue weighted by atomic mass is 19.4. The minimum Gasteiger partial charge on any atom is -0.357 e. The van der Waals surface area contributed by atoms with Gasteiger partial charge in [-0.3, -0.25) is 9.59 Å². The zero-order chi connectivity index (χ0) is 18.7. The molecular formula is C17H17F3N4O2. The largest absolute Gasteiger partial charge is 0.417 e. The topological polar surface area (TPSA) is 67.2 Å². The molecule has 0 bridgehead atoms. The van der Waals surface area contributed by atoms with Gasteiger partial charge in [0.1, 0.15) is 12.4 Å². The summed E-state index contributed by atoms with van der Waals surface area (Å²) in [7, 11) is 0. The van der Waals surface area contributed by atoms with Gasteiger partial charge in [-0.05, 0) is 31.0 Å². The van der Waals surface area contributed by atoms with Crippen molar-refractivity contribution in [3.05, 3.63) is 52.6 Å². The highest BCUT2D eigenvalue weighted by Gasteiger charge is 2.31. The van der Waals surface area contributed by atoms with Crippen molar-refractivity contribution in [1.29, 1.82) is 0 Å². The van der Waals surface area contributed by atoms with Crippen molar-refractivity contribution in [3.8, 4) is 0 Å². The summed E-state index contributed by atoms with van der Waals surface area (Å²) in [5, 5.41) is 2.53. The number of hydrogen-bond donors (Lipinski definition) is 1. The molecule has 1 saturated heterocycles. The summed E-state index contributed by atoms with van der Waals surface area (Å²) >= 11 is 0. The third kappa shape index (κ3) is 4.22. The SMILES string of the molecule is O=C(Cn1cc(C(F)(F)F)ccc1=O)Nc1ccc(N2CCCC2)nc1. The lowest BCUT2D eigenvalue weighted by Crippen LogP contribution is -2.28. The number of hydrogen-bond acceptors (Lipinski definition) is 4. The molecule has 1 N–H and O–H groups in total. The van der Waals surface area contributed by atoms with E-state index in [2.05, 4.69) is 15.2 Å². The van der Waals surface area contributed by atoms with E-state index in [-0.39, 0.29) is 0 Å². The van der Waals surface area contributed by atoms with Gasteiger partial charge in [0.05, 0.1) is 17.4 Å². The Bertz CT molecular complexity index is 840. The molecule has 1 aliphatic heterocycles. The van der Waals surface area contributed by atoms with Crippen LogP contribution in [0.1, 0.15) is 18.4 Å². The second kappa shape index (κ2) is 7.19. The van der Waals surface area contributed by atoms with Crippen LogP contribution in [0.5, 0.6) is 0 Å². The zero-order valence-electron chi connectivity index (χ0n) is 13.8. The first-order chi connectivity index (χ1) is 12.3. The van der Waals surface area contributed by atoms with Crippen LogP contribution in [0.3, 0.4) is 0 Å². The van der Waals surface area contributed by atoms with Crippen LogP contribution >= 0.6 is 0 Å². The average molecular weight is 366 g/mol. The van der Waals surface area contributed by atoms with Crippen molar-refractivity contribution >= 4 is 17.4 Å². The van der Waals surface area contributed by atoms with E-state index in [1.165, 1.54) is 6.20 Å². The second-order valence-electron chi connectivity index (χ2n) is 6.03. The molecule has 0 aliphatic carbocycles. The van der Waals surface area contributed by atoms with E-state index in [1.807, 2.05) is 0 Å². The number of amides is 1. The van der Waals surface area contributed by atoms with Crippen LogP contribution in [0.4, 0.5) is 24.7 Å². The van der Waals surface area contributed by atoms with Crippen LogP contribution in [0, 0.1) is 0 Å². The number of carbonyl (C=O) groups is 1. The fourth-order valence-electron chi connectivity index (χ4n) is 2.77. The molecule has 6 nitrogen and oxygen atoms in total. The highest BCUT2D eigenvalue weighted by Crippen LogP contribution is 2.28. The lowest BCUT2D eigenvalue weighted by Gasteiger charge is -2.16. The summed E-state index contributed by atoms with van der Waals surface area (Å²) in [4.78, 5) is 30.1. The summed E-state index contributed by atoms with van der Waals surface area (Å²) in [5.74, 6) is 0.205. The van der Waals surface area contributed by atoms with Crippen molar-refractivity contribution in [2.75, 3.05) is 23.3 Å². The van der Waals surface area contributed by atoms with E-state index in [0.29, 0.717) is 18.0 Å². The lowest BCUT2D eigenvalue weighted by atomic mass is 10.2. The van der Waals surface area contributed by atoms with Crippen LogP contribution in [0.2, 0.25) is 0 Å². The number of carbonyl (C=O) groups excluding carboxylic acids is 1. The van der Waals surface area contributed by atoms with Gasteiger partial charge in [0.2, 0.25) is 5.91 Å². The quantitative estimate of drug-likeness (QED) is 0.903. The predicted molar refractivity (Wildman–Crippen MR) is 90.0 cm³/mol. The Balaban J connectivity index is 1.66. The molecule has 9 heteroatoms. The van der Waals surface area contributed by atoms with Gasteiger partial charge >= 0.3 is 6.18 Å². The molecule has 0 aromatic carbocycles. The van der Waals surface area contributed by atoms with Crippen LogP contribution in [0.15, 0.2) is 41.5 Å². The Morgan fingerprint density at radius 1 is 1.15 bits per heavy atom. The maximum absolute atomic E-state index is 12.7. The Hall–Kier alpha value is -2.84. The average Bonchev–Trinajstić information content (AvgIpc) is 3.11. The van der Waals surface area contributed by atoms with E-state index in [1.54, 1.807) is 12.1 Å². The van der Waals surface area contributed by atoms with E-state index < -0.39 is 29.8 Å². The molecule has 26 heavy (non-hydrogen) atoms. The van der Waals surface area contributed by atoms with Crippen molar-refractivity contribution in [3.63, 3.8) is 0 Å². The number of pyridine rings is 2. The fourth-order valence-corrected chi connectivity index (χ4v) is 2.77. The lowest BCUT2D eigenvalue weighted by molar-refractivity contribution is -0.138. The molecule has 0 saturated carbocycles. The smallest absolute Gasteiger partial charge is 0.357 e. The van der Waals surface area contributed by atoms with Gasteiger partial charge < -0.3 is 14.8 Å². The molecule has 0 radical (unpaired) electrons. The molecule has 0 spiro atoms. The maximum atomic E-state index is 12.7. The molecular weight excluding hydrogens is 349 g/mol. The minimum atomic E-state index is -4.58. The van der Waals surface area contributed by atoms with Gasteiger partial charge in [-0.25, -0.2) is 4.98 Å². The normalized spacial score (nSPS) is 14.5. The van der Waals surface area contributed by atoms with Crippen molar-refractivity contribution in [2.24, 2.45) is 0 Å². The molecule has 3 rings (SSSR count). The molecule has 0 unspecified atom stereocenters. The first-order valence-corrected chi connectivity index (χ1v) is 8.11. The summed E-state index contributed by atoms with van der Waals surface area (Å²) in [6.45, 7) is 1.37. The Morgan fingerprint density at radius 3 is 2.50 bits per heavy atom. The molecule has 0 atom stereocenters. The number of aromatic nitrogens is 2. The Labute approximate surface area is 147 Å². The van der Waals surface area contributed by atoms with Crippen molar-refractivity contribution < 1.29 is 18.0 Å². The molecule has 2 aromatic heterocycles. The molecule has 1 amide bonds. The molecule has 1 fully saturated rings. The van der Waals surface area contributed by atoms with E-state index in [9.17, 15) is 22.8 Å². The number of rotatable bonds is 4. The summed E-state index contributed by atoms with van der Waals surface area (Å²) in [6.07, 6.45) is -0.226. The highest BCUT2D eigenvalue weighted by molar-refractivity contribution is 5.90. The van der Waals surface area contributed by atoms with E-state index in [4.69, 9.17) is 0 Å². The maximum Gasteiger partial charge on any atom is 0.417 e. The zero-order valence-corrected chi connectivity index (χ0v) is 13.8. The molecule has 1 aliphatic rings. The number of nitrogens with one attached hydrogen (secondary N) is 1. The van der Waals surface area contributed by atoms with Gasteiger partial charge in [-0.15, -0.1) is 0 Å². The predicted octanol–water partition coefficient (Wildman–Crippen LogP) is 2.50. The van der Waals surface area contributed by atoms with Gasteiger partial charge in [0.15, 0.2) is 0 Å². The van der Waals surface area contributed by atoms with Crippen molar-refractivity contribution in [2.45, 2.75) is 25.6 Å². The van der Waals surface area contributed by atoms with E-state index in [0.717, 1.165) is 42.4 Å². The minimum absolute atomic E-state index is 0.415. The third-order valence-electron chi connectivity index (χ3n) is 4.09. The molecule has 138 valence electrons. The second-order valence-corrected chi connectivity index (χ2v) is 6.03. The van der Waals surface area contributed by atoms with Gasteiger partial charge in [0.25, 0.3) is 5.56 Å². The van der Waals surface area contributed by atoms with Crippen LogP contribution < -0.4 is 15.8 Å². The Kier molecular flexibility index (Phi) is 4.97. The fraction of sp³-hybridized carbons (Fsp3) is 0.353. The number of anilines is 2. The van der Waals surface area contributed by atoms with Crippen LogP contribution in [-0.2, 0) is 17.5 Å². The van der Waals surface area contributed by atoms with Gasteiger partial charge in [-0.1, -0.05) is 0 Å². The summed E-state index contributed by atoms with van der Waals surface area (Å²) < 4.78 is 38.9. The third-order valence-corrected chi connectivity index (χ3v) is 4.09. The van der Waals surface area contributed by atoms with Crippen molar-refractivity contribution in [1.82, 2.24) is 9.55 Å². The van der Waals surface area contributed by atoms with Crippen LogP contribution in [0.25, 0.3) is 0 Å². The Morgan fingerprint density at radius 2 is 1.88 bits per heavy atom. The van der Waals surface area contributed by atoms with Gasteiger partial charge in [0, 0.05) is 25.4 Å². The number of nitrogens with zero attached hydrogens (tertiary/aromatic N) is 3. The first-order valence-electron chi connectivity index (χ1n) is 8.11. The first kappa shape index (κ1) is 18.0. The monoisotopic (exact) mass is 366 g/mol. The number of halogens is 3. The number of alkyl halides is 3. The molecule has 2 aromatic rings. The van der Waals surface area contributed by atoms with Gasteiger partial charge in [-0.2, -0.15) is 13.2 Å². The van der Waals surface area contributed by atoms with Crippen LogP contribution in [-0.4, -0.2) is 28.5 Å². The summed E-state index contributed by atoms with van der Waals surface area (Å²) in [6, 6.07) is 4.94.